The van der Waals surface area contributed by atoms with Crippen LogP contribution < -0.4 is 0 Å². The fourth-order valence-corrected chi connectivity index (χ4v) is 2.14. The molecular formula is C15H18N2O3. The van der Waals surface area contributed by atoms with Gasteiger partial charge in [-0.2, -0.15) is 0 Å². The topological polar surface area (TPSA) is 73.7 Å². The Labute approximate surface area is 118 Å². The molecule has 0 atom stereocenters. The molecule has 20 heavy (non-hydrogen) atoms. The summed E-state index contributed by atoms with van der Waals surface area (Å²) in [5.74, 6) is 5.11. The van der Waals surface area contributed by atoms with E-state index in [4.69, 9.17) is 10.2 Å². The molecule has 0 saturated heterocycles. The van der Waals surface area contributed by atoms with E-state index in [1.165, 1.54) is 6.20 Å². The van der Waals surface area contributed by atoms with Gasteiger partial charge >= 0.3 is 0 Å². The molecule has 1 aliphatic carbocycles. The van der Waals surface area contributed by atoms with Crippen molar-refractivity contribution in [2.75, 3.05) is 19.8 Å². The smallest absolute Gasteiger partial charge is 0.272 e. The van der Waals surface area contributed by atoms with Gasteiger partial charge in [0.25, 0.3) is 5.91 Å². The van der Waals surface area contributed by atoms with Crippen molar-refractivity contribution in [1.29, 1.82) is 0 Å². The van der Waals surface area contributed by atoms with Crippen molar-refractivity contribution in [3.63, 3.8) is 0 Å². The van der Waals surface area contributed by atoms with Crippen molar-refractivity contribution in [3.8, 4) is 11.8 Å². The number of aliphatic hydroxyl groups is 2. The third-order valence-electron chi connectivity index (χ3n) is 3.41. The Hall–Kier alpha value is -1.90. The molecule has 0 unspecified atom stereocenters. The fourth-order valence-electron chi connectivity index (χ4n) is 2.14. The summed E-state index contributed by atoms with van der Waals surface area (Å²) in [5.41, 5.74) is 1.02. The maximum atomic E-state index is 12.4. The lowest BCUT2D eigenvalue weighted by atomic mass is 9.91. The minimum Gasteiger partial charge on any atom is -0.395 e. The molecule has 106 valence electrons. The number of amides is 1. The summed E-state index contributed by atoms with van der Waals surface area (Å²) in [7, 11) is 0. The zero-order valence-corrected chi connectivity index (χ0v) is 11.2. The quantitative estimate of drug-likeness (QED) is 0.780. The number of pyridine rings is 1. The summed E-state index contributed by atoms with van der Waals surface area (Å²) in [6.07, 6.45) is 4.63. The van der Waals surface area contributed by atoms with E-state index in [-0.39, 0.29) is 25.2 Å². The summed E-state index contributed by atoms with van der Waals surface area (Å²) in [4.78, 5) is 18.2. The first-order valence-corrected chi connectivity index (χ1v) is 6.74. The second-order valence-electron chi connectivity index (χ2n) is 4.70. The van der Waals surface area contributed by atoms with E-state index in [0.717, 1.165) is 19.3 Å². The largest absolute Gasteiger partial charge is 0.395 e. The summed E-state index contributed by atoms with van der Waals surface area (Å²) in [6.45, 7) is 0.103. The van der Waals surface area contributed by atoms with Crippen molar-refractivity contribution in [1.82, 2.24) is 9.88 Å². The second kappa shape index (κ2) is 7.04. The molecule has 5 heteroatoms. The number of nitrogens with zero attached hydrogens (tertiary/aromatic N) is 2. The van der Waals surface area contributed by atoms with Gasteiger partial charge in [0.05, 0.1) is 6.61 Å². The first kappa shape index (κ1) is 14.5. The van der Waals surface area contributed by atoms with Gasteiger partial charge in [-0.05, 0) is 31.4 Å². The lowest BCUT2D eigenvalue weighted by Crippen LogP contribution is -2.45. The third-order valence-corrected chi connectivity index (χ3v) is 3.41. The Bertz CT molecular complexity index is 512. The minimum atomic E-state index is -0.202. The van der Waals surface area contributed by atoms with Crippen LogP contribution in [0.3, 0.4) is 0 Å². The number of carbonyl (C=O) groups is 1. The predicted molar refractivity (Wildman–Crippen MR) is 74.0 cm³/mol. The van der Waals surface area contributed by atoms with Gasteiger partial charge < -0.3 is 15.1 Å². The number of carbonyl (C=O) groups excluding carboxylic acids is 1. The highest BCUT2D eigenvalue weighted by Gasteiger charge is 2.29. The van der Waals surface area contributed by atoms with Crippen LogP contribution in [0, 0.1) is 11.8 Å². The second-order valence-corrected chi connectivity index (χ2v) is 4.70. The summed E-state index contributed by atoms with van der Waals surface area (Å²) < 4.78 is 0. The van der Waals surface area contributed by atoms with Crippen molar-refractivity contribution < 1.29 is 15.0 Å². The number of rotatable bonds is 4. The van der Waals surface area contributed by atoms with Crippen LogP contribution in [0.5, 0.6) is 0 Å². The molecule has 1 aromatic rings. The van der Waals surface area contributed by atoms with E-state index in [1.807, 2.05) is 0 Å². The van der Waals surface area contributed by atoms with Crippen LogP contribution in [-0.2, 0) is 0 Å². The Morgan fingerprint density at radius 3 is 2.70 bits per heavy atom. The molecule has 0 radical (unpaired) electrons. The van der Waals surface area contributed by atoms with Crippen molar-refractivity contribution in [2.24, 2.45) is 0 Å². The van der Waals surface area contributed by atoms with E-state index >= 15 is 0 Å². The number of hydrogen-bond donors (Lipinski definition) is 2. The Morgan fingerprint density at radius 1 is 1.40 bits per heavy atom. The lowest BCUT2D eigenvalue weighted by molar-refractivity contribution is 0.0520. The molecule has 1 heterocycles. The molecule has 5 nitrogen and oxygen atoms in total. The van der Waals surface area contributed by atoms with Crippen molar-refractivity contribution in [3.05, 3.63) is 29.6 Å². The van der Waals surface area contributed by atoms with E-state index in [1.54, 1.807) is 17.0 Å². The zero-order chi connectivity index (χ0) is 14.4. The van der Waals surface area contributed by atoms with Gasteiger partial charge in [-0.25, -0.2) is 4.98 Å². The molecule has 0 spiro atoms. The number of aliphatic hydroxyl groups excluding tert-OH is 2. The van der Waals surface area contributed by atoms with Gasteiger partial charge in [0, 0.05) is 24.3 Å². The highest BCUT2D eigenvalue weighted by Crippen LogP contribution is 2.25. The van der Waals surface area contributed by atoms with Crippen LogP contribution in [0.15, 0.2) is 18.3 Å². The normalized spacial score (nSPS) is 14.1. The van der Waals surface area contributed by atoms with E-state index in [2.05, 4.69) is 16.8 Å². The van der Waals surface area contributed by atoms with E-state index in [9.17, 15) is 4.79 Å². The Kier molecular flexibility index (Phi) is 5.10. The molecule has 2 N–H and O–H groups in total. The molecular weight excluding hydrogens is 256 g/mol. The SMILES string of the molecule is O=C(c1ccc(C#CCO)cn1)N(CCO)C1CCC1. The molecule has 0 aliphatic heterocycles. The van der Waals surface area contributed by atoms with Gasteiger partial charge in [-0.1, -0.05) is 11.8 Å². The molecule has 2 rings (SSSR count). The lowest BCUT2D eigenvalue weighted by Gasteiger charge is -2.37. The van der Waals surface area contributed by atoms with Crippen molar-refractivity contribution in [2.45, 2.75) is 25.3 Å². The Balaban J connectivity index is 2.10. The van der Waals surface area contributed by atoms with E-state index < -0.39 is 0 Å². The fraction of sp³-hybridized carbons (Fsp3) is 0.467. The highest BCUT2D eigenvalue weighted by molar-refractivity contribution is 5.92. The van der Waals surface area contributed by atoms with Crippen LogP contribution in [0.2, 0.25) is 0 Å². The summed E-state index contributed by atoms with van der Waals surface area (Å²) >= 11 is 0. The number of hydrogen-bond acceptors (Lipinski definition) is 4. The first-order chi connectivity index (χ1) is 9.76. The summed E-state index contributed by atoms with van der Waals surface area (Å²) in [5, 5.41) is 17.7. The average Bonchev–Trinajstić information content (AvgIpc) is 2.42. The monoisotopic (exact) mass is 274 g/mol. The van der Waals surface area contributed by atoms with Crippen LogP contribution in [-0.4, -0.2) is 51.8 Å². The molecule has 1 saturated carbocycles. The molecule has 1 aliphatic rings. The third kappa shape index (κ3) is 3.35. The standard InChI is InChI=1S/C15H18N2O3/c18-9-2-3-12-6-7-14(16-11-12)15(20)17(8-10-19)13-4-1-5-13/h6-7,11,13,18-19H,1,4-5,8-10H2. The van der Waals surface area contributed by atoms with Crippen molar-refractivity contribution >= 4 is 5.91 Å². The van der Waals surface area contributed by atoms with Crippen LogP contribution in [0.25, 0.3) is 0 Å². The molecule has 1 amide bonds. The van der Waals surface area contributed by atoms with Crippen LogP contribution >= 0.6 is 0 Å². The molecule has 1 fully saturated rings. The van der Waals surface area contributed by atoms with Gasteiger partial charge in [0.2, 0.25) is 0 Å². The van der Waals surface area contributed by atoms with Gasteiger partial charge in [0.15, 0.2) is 0 Å². The van der Waals surface area contributed by atoms with Gasteiger partial charge in [0.1, 0.15) is 12.3 Å². The predicted octanol–water partition coefficient (Wildman–Crippen LogP) is 0.412. The van der Waals surface area contributed by atoms with Gasteiger partial charge in [-0.3, -0.25) is 4.79 Å². The molecule has 0 bridgehead atoms. The highest BCUT2D eigenvalue weighted by atomic mass is 16.3. The molecule has 1 aromatic heterocycles. The number of aromatic nitrogens is 1. The minimum absolute atomic E-state index is 0.0394. The van der Waals surface area contributed by atoms with Gasteiger partial charge in [-0.15, -0.1) is 0 Å². The summed E-state index contributed by atoms with van der Waals surface area (Å²) in [6, 6.07) is 3.57. The molecule has 0 aromatic carbocycles. The van der Waals surface area contributed by atoms with Crippen LogP contribution in [0.4, 0.5) is 0 Å². The maximum Gasteiger partial charge on any atom is 0.272 e. The zero-order valence-electron chi connectivity index (χ0n) is 11.2. The van der Waals surface area contributed by atoms with E-state index in [0.29, 0.717) is 17.8 Å². The maximum absolute atomic E-state index is 12.4. The average molecular weight is 274 g/mol. The van der Waals surface area contributed by atoms with Crippen LogP contribution in [0.1, 0.15) is 35.3 Å². The first-order valence-electron chi connectivity index (χ1n) is 6.74. The Morgan fingerprint density at radius 2 is 2.20 bits per heavy atom.